The number of ether oxygens (including phenoxy) is 9. The summed E-state index contributed by atoms with van der Waals surface area (Å²) in [6.07, 6.45) is 5.56. The molecule has 29 nitrogen and oxygen atoms in total. The molecule has 1 amide bonds. The number of halogens is 2. The van der Waals surface area contributed by atoms with E-state index in [9.17, 15) is 39.2 Å². The molecule has 14 rings (SSSR count). The number of hydrogen-bond acceptors (Lipinski definition) is 27. The molecule has 6 aromatic rings. The van der Waals surface area contributed by atoms with Gasteiger partial charge in [-0.15, -0.1) is 0 Å². The maximum Gasteiger partial charge on any atom is 0.415 e. The number of benzene rings is 3. The van der Waals surface area contributed by atoms with Gasteiger partial charge < -0.3 is 111 Å². The van der Waals surface area contributed by atoms with Crippen molar-refractivity contribution < 1.29 is 77.0 Å². The van der Waals surface area contributed by atoms with E-state index in [4.69, 9.17) is 76.4 Å². The molecule has 3 aromatic heterocycles. The van der Waals surface area contributed by atoms with Crippen molar-refractivity contribution in [2.75, 3.05) is 105 Å². The van der Waals surface area contributed by atoms with Crippen molar-refractivity contribution in [2.45, 2.75) is 183 Å². The number of aryl methyl sites for hydroxylation is 1. The molecular formula is C76H103ClFN13O16. The molecule has 12 atom stereocenters. The van der Waals surface area contributed by atoms with Crippen LogP contribution in [0.3, 0.4) is 0 Å². The number of likely N-dealkylation sites (tertiary alicyclic amines) is 2. The second-order valence-corrected chi connectivity index (χ2v) is 29.1. The predicted octanol–water partition coefficient (Wildman–Crippen LogP) is 5.17. The van der Waals surface area contributed by atoms with E-state index in [1.807, 2.05) is 42.2 Å². The van der Waals surface area contributed by atoms with Crippen LogP contribution < -0.4 is 52.9 Å². The van der Waals surface area contributed by atoms with Crippen LogP contribution in [0.5, 0.6) is 17.2 Å². The molecule has 8 aliphatic rings. The van der Waals surface area contributed by atoms with Crippen LogP contribution in [-0.4, -0.2) is 239 Å². The molecule has 3 aromatic carbocycles. The summed E-state index contributed by atoms with van der Waals surface area (Å²) in [5.74, 6) is 1.62. The fraction of sp³-hybridized carbons (Fsp3) is 0.579. The molecule has 107 heavy (non-hydrogen) atoms. The SMILES string of the molecule is CCN[C@@H]1C[C@H](N)[C@@H](OC2OC(CN)=CCC2N)[C@H](O)[C@H]1O[C@H]1OC[C@](C)(O)[C@H](NC)[C@H]1O.CCc1c2c(nc3ccc(OC(=O)N4CCC(N5CCCCC5)CC4)cc13)-c1cc3c(c(=O)n1C2)COC(=O)[C@]3(O)CC.COc1cc2ncnc(Nc3ccc(F)c(Cl)c3)c2cc1OCCCN1CCOCC1. The molecule has 1 saturated carbocycles. The van der Waals surface area contributed by atoms with Gasteiger partial charge in [0, 0.05) is 84.5 Å². The molecular weight excluding hydrogens is 1410 g/mol. The summed E-state index contributed by atoms with van der Waals surface area (Å²) in [5, 5.41) is 54.8. The Kier molecular flexibility index (Phi) is 26.0. The number of cyclic esters (lactones) is 1. The van der Waals surface area contributed by atoms with Crippen molar-refractivity contribution in [2.24, 2.45) is 17.2 Å². The van der Waals surface area contributed by atoms with Crippen molar-refractivity contribution >= 4 is 57.0 Å². The zero-order chi connectivity index (χ0) is 75.8. The second-order valence-electron chi connectivity index (χ2n) is 28.7. The minimum absolute atomic E-state index is 0.0364. The first kappa shape index (κ1) is 79.2. The van der Waals surface area contributed by atoms with Crippen molar-refractivity contribution in [3.8, 4) is 28.6 Å². The van der Waals surface area contributed by atoms with Crippen LogP contribution in [0, 0.1) is 5.82 Å². The summed E-state index contributed by atoms with van der Waals surface area (Å²) < 4.78 is 66.6. The van der Waals surface area contributed by atoms with Crippen molar-refractivity contribution in [1.29, 1.82) is 0 Å². The van der Waals surface area contributed by atoms with Gasteiger partial charge in [-0.2, -0.15) is 0 Å². The van der Waals surface area contributed by atoms with Gasteiger partial charge in [0.05, 0.1) is 91.7 Å². The monoisotopic (exact) mass is 1510 g/mol. The van der Waals surface area contributed by atoms with Crippen molar-refractivity contribution in [1.82, 2.24) is 44.9 Å². The third-order valence-electron chi connectivity index (χ3n) is 21.7. The Labute approximate surface area is 626 Å². The first-order valence-electron chi connectivity index (χ1n) is 37.4. The number of morpholine rings is 1. The Morgan fingerprint density at radius 3 is 2.35 bits per heavy atom. The second kappa shape index (κ2) is 35.1. The number of methoxy groups -OCH3 is 1. The van der Waals surface area contributed by atoms with E-state index in [0.717, 1.165) is 79.5 Å². The summed E-state index contributed by atoms with van der Waals surface area (Å²) in [6, 6.07) is 13.9. The lowest BCUT2D eigenvalue weighted by Gasteiger charge is -2.49. The number of carbonyl (C=O) groups is 2. The summed E-state index contributed by atoms with van der Waals surface area (Å²) in [6.45, 7) is 17.0. The number of aromatic nitrogens is 4. The van der Waals surface area contributed by atoms with Crippen LogP contribution >= 0.6 is 11.6 Å². The highest BCUT2D eigenvalue weighted by Crippen LogP contribution is 2.42. The van der Waals surface area contributed by atoms with Crippen LogP contribution in [0.25, 0.3) is 33.2 Å². The standard InChI is InChI=1S/C33H38N4O6.C22H24ClFN4O3.C21H41N5O7/c1-3-22-23-16-21(43-32(40)36-14-10-20(11-15-36)35-12-6-5-7-13-35)8-9-27(23)34-29-24(22)18-37-28(29)17-26-25(30(37)38)19-42-31(39)33(26,41)4-2;1-29-20-13-19-16(12-21(20)31-8-2-5-28-6-9-30-10-7-28)22(26-14-25-19)27-15-3-4-18(24)17(23)11-15;1-4-26-13-7-12(24)16(32-19-11(23)6-5-10(8-22)31-19)14(27)17(13)33-20-15(28)18(25-3)21(2,29)9-30-20/h8-9,16-17,20,41H,3-7,10-15,18-19H2,1-2H3;3-4,11-14H,2,5-10H2,1H3,(H,25,26,27);5,11-20,25-29H,4,6-9,22-24H2,1-3H3/t33-;;11?,12-,13+,14-,15+,16+,17-,18+,19?,20+,21-/m0.0/s1. The number of anilines is 2. The molecule has 0 bridgehead atoms. The normalized spacial score (nSPS) is 27.5. The van der Waals surface area contributed by atoms with Crippen molar-refractivity contribution in [3.63, 3.8) is 0 Å². The molecule has 0 spiro atoms. The van der Waals surface area contributed by atoms with E-state index in [-0.39, 0.29) is 48.9 Å². The molecule has 10 heterocycles. The summed E-state index contributed by atoms with van der Waals surface area (Å²) in [7, 11) is 3.24. The van der Waals surface area contributed by atoms with E-state index < -0.39 is 78.1 Å². The molecule has 2 unspecified atom stereocenters. The molecule has 31 heteroatoms. The first-order valence-corrected chi connectivity index (χ1v) is 37.8. The molecule has 1 aliphatic carbocycles. The molecule has 4 saturated heterocycles. The van der Waals surface area contributed by atoms with Gasteiger partial charge in [0.1, 0.15) is 66.1 Å². The average Bonchev–Trinajstić information content (AvgIpc) is 1.60. The van der Waals surface area contributed by atoms with E-state index >= 15 is 0 Å². The summed E-state index contributed by atoms with van der Waals surface area (Å²) in [4.78, 5) is 59.6. The number of esters is 1. The number of hydrogen-bond donors (Lipinski definition) is 10. The highest BCUT2D eigenvalue weighted by atomic mass is 35.5. The number of nitrogens with zero attached hydrogens (tertiary/aromatic N) is 7. The van der Waals surface area contributed by atoms with E-state index in [2.05, 4.69) is 42.6 Å². The number of carbonyl (C=O) groups excluding carboxylic acids is 2. The van der Waals surface area contributed by atoms with Crippen LogP contribution in [0.15, 0.2) is 77.6 Å². The quantitative estimate of drug-likeness (QED) is 0.0348. The number of pyridine rings is 2. The lowest BCUT2D eigenvalue weighted by Crippen LogP contribution is -2.69. The van der Waals surface area contributed by atoms with Crippen LogP contribution in [0.4, 0.5) is 20.7 Å². The van der Waals surface area contributed by atoms with Crippen LogP contribution in [0.2, 0.25) is 5.02 Å². The maximum absolute atomic E-state index is 13.6. The Hall–Kier alpha value is -7.34. The number of amides is 1. The highest BCUT2D eigenvalue weighted by Gasteiger charge is 2.52. The van der Waals surface area contributed by atoms with Gasteiger partial charge in [0.2, 0.25) is 6.29 Å². The third-order valence-corrected chi connectivity index (χ3v) is 22.0. The minimum atomic E-state index is -1.86. The van der Waals surface area contributed by atoms with E-state index in [1.165, 1.54) is 50.8 Å². The van der Waals surface area contributed by atoms with Crippen molar-refractivity contribution in [3.05, 3.63) is 116 Å². The topological polar surface area (TPSA) is 383 Å². The number of likely N-dealkylation sites (N-methyl/N-ethyl adjacent to an activating group) is 2. The largest absolute Gasteiger partial charge is 0.493 e. The lowest BCUT2D eigenvalue weighted by atomic mass is 9.83. The first-order chi connectivity index (χ1) is 51.6. The Balaban J connectivity index is 0.000000153. The van der Waals surface area contributed by atoms with Gasteiger partial charge in [0.25, 0.3) is 5.56 Å². The molecule has 0 radical (unpaired) electrons. The fourth-order valence-electron chi connectivity index (χ4n) is 15.8. The molecule has 13 N–H and O–H groups in total. The van der Waals surface area contributed by atoms with E-state index in [0.29, 0.717) is 121 Å². The van der Waals surface area contributed by atoms with Gasteiger partial charge in [-0.25, -0.2) is 28.9 Å². The number of aliphatic hydroxyl groups excluding tert-OH is 2. The number of aliphatic hydroxyl groups is 4. The fourth-order valence-corrected chi connectivity index (χ4v) is 15.9. The van der Waals surface area contributed by atoms with Crippen LogP contribution in [0.1, 0.15) is 108 Å². The number of rotatable bonds is 20. The summed E-state index contributed by atoms with van der Waals surface area (Å²) >= 11 is 5.90. The number of nitrogens with one attached hydrogen (secondary N) is 3. The highest BCUT2D eigenvalue weighted by molar-refractivity contribution is 6.31. The molecule has 7 aliphatic heterocycles. The Morgan fingerprint density at radius 1 is 0.869 bits per heavy atom. The Bertz CT molecular complexity index is 4200. The third kappa shape index (κ3) is 17.5. The van der Waals surface area contributed by atoms with Gasteiger partial charge >= 0.3 is 12.1 Å². The number of fused-ring (bicyclic) bond motifs is 6. The average molecular weight is 1510 g/mol. The zero-order valence-corrected chi connectivity index (χ0v) is 62.4. The zero-order valence-electron chi connectivity index (χ0n) is 61.7. The van der Waals surface area contributed by atoms with Gasteiger partial charge in [0.15, 0.2) is 23.4 Å². The Morgan fingerprint density at radius 2 is 1.64 bits per heavy atom. The predicted molar refractivity (Wildman–Crippen MR) is 398 cm³/mol. The van der Waals surface area contributed by atoms with E-state index in [1.54, 1.807) is 50.8 Å². The van der Waals surface area contributed by atoms with Crippen LogP contribution in [-0.2, 0) is 58.4 Å². The smallest absolute Gasteiger partial charge is 0.415 e. The minimum Gasteiger partial charge on any atom is -0.493 e. The van der Waals surface area contributed by atoms with Gasteiger partial charge in [-0.3, -0.25) is 9.69 Å². The number of piperidine rings is 2. The molecule has 5 fully saturated rings. The van der Waals surface area contributed by atoms with Gasteiger partial charge in [-0.1, -0.05) is 38.8 Å². The maximum atomic E-state index is 13.6. The summed E-state index contributed by atoms with van der Waals surface area (Å²) in [5.41, 5.74) is 20.6. The lowest BCUT2D eigenvalue weighted by molar-refractivity contribution is -0.304. The number of nitrogens with two attached hydrogens (primary N) is 3. The van der Waals surface area contributed by atoms with Gasteiger partial charge in [-0.05, 0) is 152 Å². The molecule has 582 valence electrons.